The van der Waals surface area contributed by atoms with E-state index >= 15 is 0 Å². The summed E-state index contributed by atoms with van der Waals surface area (Å²) < 4.78 is 5.44. The van der Waals surface area contributed by atoms with E-state index in [0.29, 0.717) is 42.2 Å². The lowest BCUT2D eigenvalue weighted by Gasteiger charge is -2.29. The van der Waals surface area contributed by atoms with E-state index < -0.39 is 11.3 Å². The zero-order valence-electron chi connectivity index (χ0n) is 22.4. The number of amidine groups is 1. The number of nitrogens with one attached hydrogen (secondary N) is 1. The molecule has 2 aliphatic heterocycles. The molecule has 1 unspecified atom stereocenters. The lowest BCUT2D eigenvalue weighted by Crippen LogP contribution is -2.39. The third-order valence-corrected chi connectivity index (χ3v) is 7.07. The van der Waals surface area contributed by atoms with E-state index in [1.807, 2.05) is 24.3 Å². The molecule has 0 radical (unpaired) electrons. The number of hydroxylamine groups is 2. The van der Waals surface area contributed by atoms with Crippen LogP contribution < -0.4 is 10.2 Å². The zero-order valence-corrected chi connectivity index (χ0v) is 23.9. The number of morpholine rings is 1. The van der Waals surface area contributed by atoms with Crippen molar-refractivity contribution in [3.05, 3.63) is 83.0 Å². The summed E-state index contributed by atoms with van der Waals surface area (Å²) in [6, 6.07) is 7.94. The van der Waals surface area contributed by atoms with E-state index in [4.69, 9.17) is 32.8 Å². The summed E-state index contributed by atoms with van der Waals surface area (Å²) in [6.07, 6.45) is 9.32. The molecular weight excluding hydrogens is 553 g/mol. The molecule has 40 heavy (non-hydrogen) atoms. The molecule has 1 amide bonds. The van der Waals surface area contributed by atoms with Gasteiger partial charge < -0.3 is 20.1 Å². The monoisotopic (exact) mass is 585 g/mol. The minimum Gasteiger partial charge on any atom is -0.396 e. The van der Waals surface area contributed by atoms with Gasteiger partial charge in [0.05, 0.1) is 25.2 Å². The summed E-state index contributed by atoms with van der Waals surface area (Å²) in [7, 11) is 1.60. The van der Waals surface area contributed by atoms with Crippen LogP contribution in [0.25, 0.3) is 0 Å². The second kappa shape index (κ2) is 14.4. The molecule has 212 valence electrons. The fourth-order valence-corrected chi connectivity index (χ4v) is 4.95. The SMILES string of the molecule is C=C1CC=C(C2=C(Cl)C=CC=CC2Cl)C(=O)N(OCCCO)/C1=N/C(=NC)Nc1ccc(N2CCOCC2)cc1. The fraction of sp³-hybridized carbons (Fsp3) is 0.345. The van der Waals surface area contributed by atoms with Gasteiger partial charge in [-0.25, -0.2) is 0 Å². The van der Waals surface area contributed by atoms with Crippen LogP contribution in [-0.2, 0) is 14.4 Å². The van der Waals surface area contributed by atoms with Crippen molar-refractivity contribution in [3.63, 3.8) is 0 Å². The van der Waals surface area contributed by atoms with Gasteiger partial charge in [0.2, 0.25) is 5.96 Å². The number of aliphatic imine (C=N–C) groups is 2. The predicted molar refractivity (Wildman–Crippen MR) is 161 cm³/mol. The maximum absolute atomic E-state index is 13.9. The minimum atomic E-state index is -0.626. The smallest absolute Gasteiger partial charge is 0.283 e. The Morgan fingerprint density at radius 2 is 2.00 bits per heavy atom. The maximum Gasteiger partial charge on any atom is 0.283 e. The summed E-state index contributed by atoms with van der Waals surface area (Å²) in [5, 5.41) is 13.3. The van der Waals surface area contributed by atoms with Crippen LogP contribution in [0.4, 0.5) is 11.4 Å². The van der Waals surface area contributed by atoms with Crippen LogP contribution in [0.2, 0.25) is 0 Å². The molecule has 11 heteroatoms. The van der Waals surface area contributed by atoms with Gasteiger partial charge in [-0.05, 0) is 48.8 Å². The minimum absolute atomic E-state index is 0.0771. The number of hydrogen-bond donors (Lipinski definition) is 2. The number of nitrogens with zero attached hydrogens (tertiary/aromatic N) is 4. The average Bonchev–Trinajstić information content (AvgIpc) is 3.20. The van der Waals surface area contributed by atoms with Gasteiger partial charge in [0.25, 0.3) is 5.91 Å². The molecule has 2 N–H and O–H groups in total. The first kappa shape index (κ1) is 29.8. The zero-order chi connectivity index (χ0) is 28.5. The maximum atomic E-state index is 13.9. The first-order chi connectivity index (χ1) is 19.4. The van der Waals surface area contributed by atoms with Crippen LogP contribution in [-0.4, -0.2) is 79.8 Å². The molecule has 9 nitrogen and oxygen atoms in total. The van der Waals surface area contributed by atoms with E-state index in [-0.39, 0.29) is 30.6 Å². The molecule has 0 bridgehead atoms. The number of anilines is 2. The van der Waals surface area contributed by atoms with E-state index in [9.17, 15) is 9.90 Å². The molecule has 0 spiro atoms. The van der Waals surface area contributed by atoms with Gasteiger partial charge in [-0.2, -0.15) is 10.1 Å². The standard InChI is InChI=1S/C29H33Cl2N5O4/c1-20-8-13-23(26-24(30)6-3-4-7-25(26)31)28(38)36(40-17-5-16-37)27(20)34-29(32-2)33-21-9-11-22(12-10-21)35-14-18-39-19-15-35/h3-4,6-7,9-13,24,37H,1,5,8,14-19H2,2H3,(H,32,33)/b34-27+. The van der Waals surface area contributed by atoms with Gasteiger partial charge in [-0.15, -0.1) is 11.6 Å². The Morgan fingerprint density at radius 1 is 1.25 bits per heavy atom. The molecule has 0 saturated carbocycles. The molecule has 1 saturated heterocycles. The summed E-state index contributed by atoms with van der Waals surface area (Å²) in [5.74, 6) is -0.0481. The Bertz CT molecular complexity index is 1280. The van der Waals surface area contributed by atoms with Gasteiger partial charge in [-0.3, -0.25) is 14.6 Å². The van der Waals surface area contributed by atoms with Crippen LogP contribution in [0.15, 0.2) is 93.0 Å². The number of aliphatic hydroxyl groups excluding tert-OH is 1. The fourth-order valence-electron chi connectivity index (χ4n) is 4.28. The Balaban J connectivity index is 1.61. The molecular formula is C29H33Cl2N5O4. The lowest BCUT2D eigenvalue weighted by molar-refractivity contribution is -0.159. The summed E-state index contributed by atoms with van der Waals surface area (Å²) in [4.78, 5) is 30.9. The molecule has 2 heterocycles. The van der Waals surface area contributed by atoms with Crippen molar-refractivity contribution >= 4 is 52.3 Å². The molecule has 1 atom stereocenters. The largest absolute Gasteiger partial charge is 0.396 e. The Kier molecular flexibility index (Phi) is 10.7. The second-order valence-corrected chi connectivity index (χ2v) is 9.97. The van der Waals surface area contributed by atoms with E-state index in [0.717, 1.165) is 29.5 Å². The molecule has 1 aromatic rings. The first-order valence-electron chi connectivity index (χ1n) is 13.0. The highest BCUT2D eigenvalue weighted by Crippen LogP contribution is 2.33. The predicted octanol–water partition coefficient (Wildman–Crippen LogP) is 4.57. The number of rotatable bonds is 7. The molecule has 4 rings (SSSR count). The van der Waals surface area contributed by atoms with E-state index in [2.05, 4.69) is 26.8 Å². The molecule has 1 aliphatic carbocycles. The number of aliphatic hydroxyl groups is 1. The van der Waals surface area contributed by atoms with Crippen molar-refractivity contribution in [2.45, 2.75) is 18.2 Å². The van der Waals surface area contributed by atoms with Crippen molar-refractivity contribution in [2.75, 3.05) is 56.8 Å². The molecule has 3 aliphatic rings. The van der Waals surface area contributed by atoms with Crippen LogP contribution in [0.1, 0.15) is 12.8 Å². The number of amides is 1. The number of allylic oxidation sites excluding steroid dienone is 6. The van der Waals surface area contributed by atoms with Gasteiger partial charge in [0.1, 0.15) is 0 Å². The lowest BCUT2D eigenvalue weighted by atomic mass is 10.00. The van der Waals surface area contributed by atoms with Gasteiger partial charge in [0, 0.05) is 54.3 Å². The van der Waals surface area contributed by atoms with Crippen LogP contribution in [0.3, 0.4) is 0 Å². The first-order valence-corrected chi connectivity index (χ1v) is 13.8. The molecule has 1 fully saturated rings. The summed E-state index contributed by atoms with van der Waals surface area (Å²) in [5.41, 5.74) is 3.16. The summed E-state index contributed by atoms with van der Waals surface area (Å²) in [6.45, 7) is 7.25. The number of guanidine groups is 1. The van der Waals surface area contributed by atoms with Crippen molar-refractivity contribution in [2.24, 2.45) is 9.98 Å². The van der Waals surface area contributed by atoms with Crippen molar-refractivity contribution in [1.82, 2.24) is 5.06 Å². The van der Waals surface area contributed by atoms with Gasteiger partial charge >= 0.3 is 0 Å². The van der Waals surface area contributed by atoms with Crippen molar-refractivity contribution in [3.8, 4) is 0 Å². The number of carbonyl (C=O) groups excluding carboxylic acids is 1. The Labute approximate surface area is 244 Å². The number of carbonyl (C=O) groups is 1. The third kappa shape index (κ3) is 7.30. The van der Waals surface area contributed by atoms with Gasteiger partial charge in [-0.1, -0.05) is 42.5 Å². The highest BCUT2D eigenvalue weighted by atomic mass is 35.5. The van der Waals surface area contributed by atoms with E-state index in [1.54, 1.807) is 37.4 Å². The quantitative estimate of drug-likeness (QED) is 0.210. The Hall–Kier alpha value is -3.21. The Morgan fingerprint density at radius 3 is 2.70 bits per heavy atom. The van der Waals surface area contributed by atoms with Crippen LogP contribution >= 0.6 is 23.2 Å². The van der Waals surface area contributed by atoms with Crippen molar-refractivity contribution < 1.29 is 19.5 Å². The highest BCUT2D eigenvalue weighted by molar-refractivity contribution is 6.35. The molecule has 1 aromatic carbocycles. The third-order valence-electron chi connectivity index (χ3n) is 6.38. The number of hydrogen-bond acceptors (Lipinski definition) is 6. The normalized spacial score (nSPS) is 21.6. The molecule has 0 aromatic heterocycles. The second-order valence-electron chi connectivity index (χ2n) is 9.10. The van der Waals surface area contributed by atoms with Crippen LogP contribution in [0.5, 0.6) is 0 Å². The van der Waals surface area contributed by atoms with E-state index in [1.165, 1.54) is 0 Å². The number of halogens is 2. The summed E-state index contributed by atoms with van der Waals surface area (Å²) >= 11 is 13.1. The highest BCUT2D eigenvalue weighted by Gasteiger charge is 2.33. The van der Waals surface area contributed by atoms with Crippen LogP contribution in [0, 0.1) is 0 Å². The van der Waals surface area contributed by atoms with Crippen molar-refractivity contribution in [1.29, 1.82) is 0 Å². The average molecular weight is 587 g/mol. The number of benzene rings is 1. The number of ether oxygens (including phenoxy) is 1. The van der Waals surface area contributed by atoms with Gasteiger partial charge in [0.15, 0.2) is 5.84 Å². The number of alkyl halides is 1. The topological polar surface area (TPSA) is 99.0 Å².